The van der Waals surface area contributed by atoms with Gasteiger partial charge < -0.3 is 9.47 Å². The predicted molar refractivity (Wildman–Crippen MR) is 81.7 cm³/mol. The SMILES string of the molecule is COC1(OCc2cccc(C)c2I)C=CC(=O)C=C1. The fourth-order valence-corrected chi connectivity index (χ4v) is 2.32. The minimum Gasteiger partial charge on any atom is -0.346 e. The Labute approximate surface area is 126 Å². The molecule has 2 rings (SSSR count). The first-order valence-electron chi connectivity index (χ1n) is 5.92. The Morgan fingerprint density at radius 2 is 1.95 bits per heavy atom. The zero-order chi connectivity index (χ0) is 13.9. The third kappa shape index (κ3) is 3.32. The summed E-state index contributed by atoms with van der Waals surface area (Å²) in [5, 5.41) is 0. The number of hydrogen-bond acceptors (Lipinski definition) is 3. The van der Waals surface area contributed by atoms with Crippen molar-refractivity contribution in [1.82, 2.24) is 0 Å². The van der Waals surface area contributed by atoms with Crippen LogP contribution in [0.15, 0.2) is 42.5 Å². The Hall–Kier alpha value is -0.980. The van der Waals surface area contributed by atoms with Crippen molar-refractivity contribution in [2.75, 3.05) is 7.11 Å². The van der Waals surface area contributed by atoms with E-state index in [1.54, 1.807) is 19.3 Å². The van der Waals surface area contributed by atoms with Crippen LogP contribution >= 0.6 is 22.6 Å². The highest BCUT2D eigenvalue weighted by Crippen LogP contribution is 2.24. The molecule has 4 heteroatoms. The second kappa shape index (κ2) is 5.98. The highest BCUT2D eigenvalue weighted by atomic mass is 127. The molecule has 0 heterocycles. The molecule has 0 amide bonds. The number of ketones is 1. The number of methoxy groups -OCH3 is 1. The second-order valence-electron chi connectivity index (χ2n) is 4.33. The molecule has 1 aliphatic rings. The Morgan fingerprint density at radius 1 is 1.26 bits per heavy atom. The molecule has 0 spiro atoms. The van der Waals surface area contributed by atoms with E-state index in [1.807, 2.05) is 12.1 Å². The zero-order valence-electron chi connectivity index (χ0n) is 10.9. The van der Waals surface area contributed by atoms with Gasteiger partial charge in [-0.3, -0.25) is 4.79 Å². The quantitative estimate of drug-likeness (QED) is 0.604. The fourth-order valence-electron chi connectivity index (χ4n) is 1.81. The third-order valence-corrected chi connectivity index (χ3v) is 4.55. The molecule has 1 aliphatic carbocycles. The number of aryl methyl sites for hydroxylation is 1. The van der Waals surface area contributed by atoms with Gasteiger partial charge in [-0.2, -0.15) is 0 Å². The van der Waals surface area contributed by atoms with E-state index in [0.29, 0.717) is 6.61 Å². The molecule has 19 heavy (non-hydrogen) atoms. The van der Waals surface area contributed by atoms with Gasteiger partial charge in [-0.1, -0.05) is 18.2 Å². The molecule has 0 fully saturated rings. The van der Waals surface area contributed by atoms with Gasteiger partial charge in [0.25, 0.3) is 0 Å². The van der Waals surface area contributed by atoms with Crippen molar-refractivity contribution in [3.05, 3.63) is 57.2 Å². The van der Waals surface area contributed by atoms with Crippen LogP contribution in [0.2, 0.25) is 0 Å². The summed E-state index contributed by atoms with van der Waals surface area (Å²) < 4.78 is 12.4. The maximum Gasteiger partial charge on any atom is 0.208 e. The van der Waals surface area contributed by atoms with Crippen molar-refractivity contribution in [2.45, 2.75) is 19.3 Å². The Bertz CT molecular complexity index is 530. The number of ether oxygens (including phenoxy) is 2. The Balaban J connectivity index is 2.13. The molecule has 1 aromatic carbocycles. The second-order valence-corrected chi connectivity index (χ2v) is 5.41. The molecule has 100 valence electrons. The van der Waals surface area contributed by atoms with Crippen LogP contribution in [0.1, 0.15) is 11.1 Å². The van der Waals surface area contributed by atoms with Gasteiger partial charge in [0.05, 0.1) is 6.61 Å². The maximum absolute atomic E-state index is 11.2. The Kier molecular flexibility index (Phi) is 4.54. The van der Waals surface area contributed by atoms with Gasteiger partial charge in [0.1, 0.15) is 0 Å². The lowest BCUT2D eigenvalue weighted by Crippen LogP contribution is -2.32. The largest absolute Gasteiger partial charge is 0.346 e. The summed E-state index contributed by atoms with van der Waals surface area (Å²) in [6, 6.07) is 6.10. The van der Waals surface area contributed by atoms with Gasteiger partial charge >= 0.3 is 0 Å². The van der Waals surface area contributed by atoms with Crippen LogP contribution in [-0.2, 0) is 20.9 Å². The summed E-state index contributed by atoms with van der Waals surface area (Å²) in [5.41, 5.74) is 2.33. The number of carbonyl (C=O) groups is 1. The summed E-state index contributed by atoms with van der Waals surface area (Å²) in [6.07, 6.45) is 6.20. The van der Waals surface area contributed by atoms with E-state index < -0.39 is 5.79 Å². The smallest absolute Gasteiger partial charge is 0.208 e. The lowest BCUT2D eigenvalue weighted by molar-refractivity contribution is -0.162. The fraction of sp³-hybridized carbons (Fsp3) is 0.267. The number of halogens is 1. The molecule has 0 bridgehead atoms. The summed E-state index contributed by atoms with van der Waals surface area (Å²) in [4.78, 5) is 11.2. The molecule has 1 aromatic rings. The average Bonchev–Trinajstić information content (AvgIpc) is 2.43. The van der Waals surface area contributed by atoms with E-state index in [-0.39, 0.29) is 5.78 Å². The number of benzene rings is 1. The molecule has 0 saturated carbocycles. The van der Waals surface area contributed by atoms with Gasteiger partial charge in [-0.25, -0.2) is 0 Å². The molecule has 0 saturated heterocycles. The predicted octanol–water partition coefficient (Wildman–Crippen LogP) is 3.15. The Morgan fingerprint density at radius 3 is 2.58 bits per heavy atom. The first kappa shape index (κ1) is 14.4. The lowest BCUT2D eigenvalue weighted by atomic mass is 10.1. The van der Waals surface area contributed by atoms with Gasteiger partial charge in [0, 0.05) is 10.7 Å². The molecule has 0 N–H and O–H groups in total. The van der Waals surface area contributed by atoms with Crippen molar-refractivity contribution < 1.29 is 14.3 Å². The molecule has 0 atom stereocenters. The highest BCUT2D eigenvalue weighted by Gasteiger charge is 2.27. The summed E-state index contributed by atoms with van der Waals surface area (Å²) >= 11 is 2.31. The zero-order valence-corrected chi connectivity index (χ0v) is 13.0. The average molecular weight is 370 g/mol. The topological polar surface area (TPSA) is 35.5 Å². The molecule has 0 aliphatic heterocycles. The van der Waals surface area contributed by atoms with Crippen molar-refractivity contribution >= 4 is 28.4 Å². The molecule has 3 nitrogen and oxygen atoms in total. The highest BCUT2D eigenvalue weighted by molar-refractivity contribution is 14.1. The number of hydrogen-bond donors (Lipinski definition) is 0. The van der Waals surface area contributed by atoms with E-state index in [2.05, 4.69) is 35.6 Å². The number of rotatable bonds is 4. The van der Waals surface area contributed by atoms with E-state index in [9.17, 15) is 4.79 Å². The summed E-state index contributed by atoms with van der Waals surface area (Å²) in [5.74, 6) is -0.998. The minimum atomic E-state index is -0.944. The van der Waals surface area contributed by atoms with Gasteiger partial charge in [0.15, 0.2) is 5.78 Å². The van der Waals surface area contributed by atoms with Crippen LogP contribution in [0.4, 0.5) is 0 Å². The van der Waals surface area contributed by atoms with E-state index in [4.69, 9.17) is 9.47 Å². The summed E-state index contributed by atoms with van der Waals surface area (Å²) in [7, 11) is 1.56. The van der Waals surface area contributed by atoms with Crippen molar-refractivity contribution in [3.63, 3.8) is 0 Å². The van der Waals surface area contributed by atoms with Crippen LogP contribution in [0.5, 0.6) is 0 Å². The third-order valence-electron chi connectivity index (χ3n) is 3.00. The molecule has 0 unspecified atom stereocenters. The van der Waals surface area contributed by atoms with E-state index >= 15 is 0 Å². The van der Waals surface area contributed by atoms with Gasteiger partial charge in [-0.15, -0.1) is 0 Å². The van der Waals surface area contributed by atoms with E-state index in [0.717, 1.165) is 5.56 Å². The van der Waals surface area contributed by atoms with Crippen molar-refractivity contribution in [2.24, 2.45) is 0 Å². The van der Waals surface area contributed by atoms with E-state index in [1.165, 1.54) is 21.3 Å². The van der Waals surface area contributed by atoms with Crippen LogP contribution < -0.4 is 0 Å². The molecular formula is C15H15IO3. The standard InChI is InChI=1S/C15H15IO3/c1-11-4-3-5-12(14(11)16)10-19-15(18-2)8-6-13(17)7-9-15/h3-9H,10H2,1-2H3. The maximum atomic E-state index is 11.2. The monoisotopic (exact) mass is 370 g/mol. The van der Waals surface area contributed by atoms with Crippen LogP contribution in [0.3, 0.4) is 0 Å². The molecule has 0 radical (unpaired) electrons. The number of allylic oxidation sites excluding steroid dienone is 2. The molecule has 0 aromatic heterocycles. The normalized spacial score (nSPS) is 16.9. The van der Waals surface area contributed by atoms with Crippen molar-refractivity contribution in [3.8, 4) is 0 Å². The van der Waals surface area contributed by atoms with Gasteiger partial charge in [-0.05, 0) is 64.9 Å². The first-order valence-corrected chi connectivity index (χ1v) is 7.00. The molecular weight excluding hydrogens is 355 g/mol. The van der Waals surface area contributed by atoms with Crippen LogP contribution in [0.25, 0.3) is 0 Å². The van der Waals surface area contributed by atoms with Crippen molar-refractivity contribution in [1.29, 1.82) is 0 Å². The van der Waals surface area contributed by atoms with Crippen LogP contribution in [-0.4, -0.2) is 18.7 Å². The first-order chi connectivity index (χ1) is 9.06. The number of carbonyl (C=O) groups excluding carboxylic acids is 1. The van der Waals surface area contributed by atoms with Crippen LogP contribution in [0, 0.1) is 10.5 Å². The minimum absolute atomic E-state index is 0.0542. The summed E-state index contributed by atoms with van der Waals surface area (Å²) in [6.45, 7) is 2.49. The lowest BCUT2D eigenvalue weighted by Gasteiger charge is -2.27. The van der Waals surface area contributed by atoms with Gasteiger partial charge in [0.2, 0.25) is 5.79 Å².